The first-order valence-corrected chi connectivity index (χ1v) is 8.85. The highest BCUT2D eigenvalue weighted by atomic mass is 35.5. The first kappa shape index (κ1) is 19.6. The summed E-state index contributed by atoms with van der Waals surface area (Å²) in [5, 5.41) is 7.91. The van der Waals surface area contributed by atoms with E-state index in [0.717, 1.165) is 18.1 Å². The standard InChI is InChI=1S/C19H24Cl2N4/c1-22-19(24-12-15-8-9-17(20)10-18(15)21)23-11-14-6-4-5-7-16(14)13-25(2)3/h4-10H,11-13H2,1-3H3,(H2,22,23,24). The van der Waals surface area contributed by atoms with Crippen LogP contribution in [0.1, 0.15) is 16.7 Å². The Balaban J connectivity index is 1.95. The Kier molecular flexibility index (Phi) is 7.56. The van der Waals surface area contributed by atoms with Gasteiger partial charge in [0.1, 0.15) is 0 Å². The van der Waals surface area contributed by atoms with Gasteiger partial charge in [0.05, 0.1) is 0 Å². The molecule has 0 aromatic heterocycles. The van der Waals surface area contributed by atoms with Crippen LogP contribution in [0.2, 0.25) is 10.0 Å². The molecule has 0 saturated carbocycles. The first-order valence-electron chi connectivity index (χ1n) is 8.09. The Morgan fingerprint density at radius 2 is 1.60 bits per heavy atom. The molecule has 0 aliphatic rings. The van der Waals surface area contributed by atoms with Crippen molar-refractivity contribution >= 4 is 29.2 Å². The lowest BCUT2D eigenvalue weighted by molar-refractivity contribution is 0.400. The summed E-state index contributed by atoms with van der Waals surface area (Å²) < 4.78 is 0. The predicted octanol–water partition coefficient (Wildman–Crippen LogP) is 3.92. The molecule has 2 aromatic rings. The van der Waals surface area contributed by atoms with Crippen molar-refractivity contribution < 1.29 is 0 Å². The van der Waals surface area contributed by atoms with Crippen LogP contribution in [0.3, 0.4) is 0 Å². The average Bonchev–Trinajstić information content (AvgIpc) is 2.57. The topological polar surface area (TPSA) is 39.7 Å². The van der Waals surface area contributed by atoms with Gasteiger partial charge in [-0.2, -0.15) is 0 Å². The number of nitrogens with zero attached hydrogens (tertiary/aromatic N) is 2. The Morgan fingerprint density at radius 1 is 0.960 bits per heavy atom. The van der Waals surface area contributed by atoms with Crippen LogP contribution >= 0.6 is 23.2 Å². The van der Waals surface area contributed by atoms with Crippen molar-refractivity contribution in [3.8, 4) is 0 Å². The molecule has 0 spiro atoms. The van der Waals surface area contributed by atoms with E-state index < -0.39 is 0 Å². The van der Waals surface area contributed by atoms with Crippen molar-refractivity contribution in [3.63, 3.8) is 0 Å². The Bertz CT molecular complexity index is 729. The van der Waals surface area contributed by atoms with Crippen LogP contribution in [0.4, 0.5) is 0 Å². The van der Waals surface area contributed by atoms with Crippen molar-refractivity contribution in [2.24, 2.45) is 4.99 Å². The van der Waals surface area contributed by atoms with Gasteiger partial charge in [0.2, 0.25) is 0 Å². The normalized spacial score (nSPS) is 11.7. The summed E-state index contributed by atoms with van der Waals surface area (Å²) in [7, 11) is 5.89. The molecule has 2 N–H and O–H groups in total. The third kappa shape index (κ3) is 6.24. The number of nitrogens with one attached hydrogen (secondary N) is 2. The lowest BCUT2D eigenvalue weighted by Crippen LogP contribution is -2.36. The first-order chi connectivity index (χ1) is 12.0. The van der Waals surface area contributed by atoms with Gasteiger partial charge in [-0.15, -0.1) is 0 Å². The minimum atomic E-state index is 0.578. The van der Waals surface area contributed by atoms with Crippen LogP contribution in [-0.2, 0) is 19.6 Å². The molecule has 25 heavy (non-hydrogen) atoms. The monoisotopic (exact) mass is 378 g/mol. The van der Waals surface area contributed by atoms with Crippen molar-refractivity contribution in [1.82, 2.24) is 15.5 Å². The lowest BCUT2D eigenvalue weighted by atomic mass is 10.1. The third-order valence-electron chi connectivity index (χ3n) is 3.74. The number of guanidine groups is 1. The summed E-state index contributed by atoms with van der Waals surface area (Å²) in [6.07, 6.45) is 0. The van der Waals surface area contributed by atoms with E-state index in [9.17, 15) is 0 Å². The van der Waals surface area contributed by atoms with Crippen LogP contribution in [0.25, 0.3) is 0 Å². The van der Waals surface area contributed by atoms with Gasteiger partial charge in [-0.1, -0.05) is 53.5 Å². The number of halogens is 2. The van der Waals surface area contributed by atoms with E-state index in [1.54, 1.807) is 13.1 Å². The van der Waals surface area contributed by atoms with Crippen molar-refractivity contribution in [2.45, 2.75) is 19.6 Å². The smallest absolute Gasteiger partial charge is 0.191 e. The molecule has 0 aliphatic carbocycles. The molecule has 0 aliphatic heterocycles. The number of benzene rings is 2. The van der Waals surface area contributed by atoms with Gasteiger partial charge in [-0.05, 0) is 42.9 Å². The maximum Gasteiger partial charge on any atom is 0.191 e. The van der Waals surface area contributed by atoms with Gasteiger partial charge in [-0.3, -0.25) is 4.99 Å². The number of rotatable bonds is 6. The predicted molar refractivity (Wildman–Crippen MR) is 107 cm³/mol. The van der Waals surface area contributed by atoms with Crippen molar-refractivity contribution in [1.29, 1.82) is 0 Å². The molecule has 0 atom stereocenters. The van der Waals surface area contributed by atoms with Gasteiger partial charge >= 0.3 is 0 Å². The Labute approximate surface area is 159 Å². The van der Waals surface area contributed by atoms with E-state index >= 15 is 0 Å². The summed E-state index contributed by atoms with van der Waals surface area (Å²) >= 11 is 12.1. The third-order valence-corrected chi connectivity index (χ3v) is 4.32. The number of aliphatic imine (C=N–C) groups is 1. The van der Waals surface area contributed by atoms with Gasteiger partial charge < -0.3 is 15.5 Å². The van der Waals surface area contributed by atoms with Crippen LogP contribution in [0.15, 0.2) is 47.5 Å². The van der Waals surface area contributed by atoms with E-state index in [4.69, 9.17) is 23.2 Å². The summed E-state index contributed by atoms with van der Waals surface area (Å²) in [4.78, 5) is 6.43. The second kappa shape index (κ2) is 9.66. The zero-order valence-corrected chi connectivity index (χ0v) is 16.3. The fraction of sp³-hybridized carbons (Fsp3) is 0.316. The van der Waals surface area contributed by atoms with Gasteiger partial charge in [0.25, 0.3) is 0 Å². The molecule has 0 amide bonds. The van der Waals surface area contributed by atoms with E-state index in [1.807, 2.05) is 12.1 Å². The SMILES string of the molecule is CN=C(NCc1ccc(Cl)cc1Cl)NCc1ccccc1CN(C)C. The van der Waals surface area contributed by atoms with E-state index in [2.05, 4.69) is 58.9 Å². The van der Waals surface area contributed by atoms with Crippen molar-refractivity contribution in [3.05, 3.63) is 69.2 Å². The highest BCUT2D eigenvalue weighted by molar-refractivity contribution is 6.35. The fourth-order valence-corrected chi connectivity index (χ4v) is 2.94. The molecule has 6 heteroatoms. The number of hydrogen-bond acceptors (Lipinski definition) is 2. The van der Waals surface area contributed by atoms with Crippen LogP contribution in [0.5, 0.6) is 0 Å². The maximum absolute atomic E-state index is 6.21. The summed E-state index contributed by atoms with van der Waals surface area (Å²) in [6.45, 7) is 2.19. The zero-order chi connectivity index (χ0) is 18.2. The number of hydrogen-bond donors (Lipinski definition) is 2. The molecule has 0 radical (unpaired) electrons. The Hall–Kier alpha value is -1.75. The summed E-state index contributed by atoms with van der Waals surface area (Å²) in [5.41, 5.74) is 3.53. The molecule has 0 heterocycles. The molecule has 4 nitrogen and oxygen atoms in total. The van der Waals surface area contributed by atoms with Gasteiger partial charge in [-0.25, -0.2) is 0 Å². The van der Waals surface area contributed by atoms with E-state index in [1.165, 1.54) is 11.1 Å². The average molecular weight is 379 g/mol. The molecule has 0 saturated heterocycles. The van der Waals surface area contributed by atoms with E-state index in [0.29, 0.717) is 23.1 Å². The molecular weight excluding hydrogens is 355 g/mol. The quantitative estimate of drug-likeness (QED) is 0.590. The maximum atomic E-state index is 6.21. The lowest BCUT2D eigenvalue weighted by Gasteiger charge is -2.16. The largest absolute Gasteiger partial charge is 0.352 e. The highest BCUT2D eigenvalue weighted by Gasteiger charge is 2.06. The molecule has 2 aromatic carbocycles. The minimum Gasteiger partial charge on any atom is -0.352 e. The fourth-order valence-electron chi connectivity index (χ4n) is 2.47. The Morgan fingerprint density at radius 3 is 2.20 bits per heavy atom. The highest BCUT2D eigenvalue weighted by Crippen LogP contribution is 2.20. The van der Waals surface area contributed by atoms with Gasteiger partial charge in [0, 0.05) is 36.7 Å². The van der Waals surface area contributed by atoms with Crippen LogP contribution in [-0.4, -0.2) is 32.0 Å². The van der Waals surface area contributed by atoms with Crippen LogP contribution in [0, 0.1) is 0 Å². The summed E-state index contributed by atoms with van der Waals surface area (Å²) in [5.74, 6) is 0.727. The zero-order valence-electron chi connectivity index (χ0n) is 14.8. The second-order valence-electron chi connectivity index (χ2n) is 6.02. The molecule has 2 rings (SSSR count). The van der Waals surface area contributed by atoms with E-state index in [-0.39, 0.29) is 0 Å². The van der Waals surface area contributed by atoms with Gasteiger partial charge in [0.15, 0.2) is 5.96 Å². The molecular formula is C19H24Cl2N4. The van der Waals surface area contributed by atoms with Crippen molar-refractivity contribution in [2.75, 3.05) is 21.1 Å². The molecule has 134 valence electrons. The minimum absolute atomic E-state index is 0.578. The second-order valence-corrected chi connectivity index (χ2v) is 6.87. The van der Waals surface area contributed by atoms with Crippen LogP contribution < -0.4 is 10.6 Å². The summed E-state index contributed by atoms with van der Waals surface area (Å²) in [6, 6.07) is 13.9. The molecule has 0 unspecified atom stereocenters. The molecule has 0 fully saturated rings. The molecule has 0 bridgehead atoms.